The number of hydrogen-bond acceptors (Lipinski definition) is 3. The van der Waals surface area contributed by atoms with E-state index in [9.17, 15) is 0 Å². The van der Waals surface area contributed by atoms with Crippen molar-refractivity contribution in [3.8, 4) is 5.75 Å². The first-order chi connectivity index (χ1) is 9.69. The predicted molar refractivity (Wildman–Crippen MR) is 84.9 cm³/mol. The zero-order valence-corrected chi connectivity index (χ0v) is 12.3. The molecule has 0 amide bonds. The van der Waals surface area contributed by atoms with Crippen molar-refractivity contribution < 1.29 is 9.57 Å². The maximum absolute atomic E-state index is 5.52. The standard InChI is InChI=1S/C17H21NO2/c1-5-6-8-14(2)16-9-10-17(15(3)13-16)20-12-7-11-18-19-4/h6-13H,2,5H2,1,3-4H3/b8-6-,12-7+,18-11+. The molecule has 0 fully saturated rings. The van der Waals surface area contributed by atoms with Gasteiger partial charge in [0.05, 0.1) is 12.5 Å². The molecule has 0 aliphatic heterocycles. The van der Waals surface area contributed by atoms with Gasteiger partial charge in [-0.2, -0.15) is 0 Å². The van der Waals surface area contributed by atoms with E-state index >= 15 is 0 Å². The maximum Gasteiger partial charge on any atom is 0.129 e. The minimum atomic E-state index is 0.808. The molecule has 0 unspecified atom stereocenters. The highest BCUT2D eigenvalue weighted by molar-refractivity contribution is 5.73. The van der Waals surface area contributed by atoms with Crippen LogP contribution >= 0.6 is 0 Å². The van der Waals surface area contributed by atoms with Gasteiger partial charge in [0, 0.05) is 0 Å². The topological polar surface area (TPSA) is 30.8 Å². The molecule has 0 aromatic heterocycles. The van der Waals surface area contributed by atoms with Crippen molar-refractivity contribution in [3.05, 3.63) is 60.4 Å². The van der Waals surface area contributed by atoms with Gasteiger partial charge in [-0.05, 0) is 48.3 Å². The Morgan fingerprint density at radius 3 is 2.85 bits per heavy atom. The van der Waals surface area contributed by atoms with E-state index in [4.69, 9.17) is 4.74 Å². The van der Waals surface area contributed by atoms with E-state index < -0.39 is 0 Å². The molecule has 1 aromatic rings. The second-order valence-electron chi connectivity index (χ2n) is 4.20. The largest absolute Gasteiger partial charge is 0.465 e. The second-order valence-corrected chi connectivity index (χ2v) is 4.20. The Bertz CT molecular complexity index is 528. The summed E-state index contributed by atoms with van der Waals surface area (Å²) in [5.41, 5.74) is 3.16. The normalized spacial score (nSPS) is 11.6. The molecular formula is C17H21NO2. The van der Waals surface area contributed by atoms with Crippen molar-refractivity contribution in [2.24, 2.45) is 5.16 Å². The van der Waals surface area contributed by atoms with Crippen molar-refractivity contribution in [2.45, 2.75) is 20.3 Å². The second kappa shape index (κ2) is 8.75. The Labute approximate surface area is 120 Å². The summed E-state index contributed by atoms with van der Waals surface area (Å²) < 4.78 is 5.52. The lowest BCUT2D eigenvalue weighted by Gasteiger charge is -2.07. The van der Waals surface area contributed by atoms with Crippen LogP contribution in [0.5, 0.6) is 5.75 Å². The zero-order chi connectivity index (χ0) is 14.8. The third kappa shape index (κ3) is 5.14. The van der Waals surface area contributed by atoms with Crippen molar-refractivity contribution in [2.75, 3.05) is 7.11 Å². The molecule has 0 bridgehead atoms. The summed E-state index contributed by atoms with van der Waals surface area (Å²) in [6.45, 7) is 8.17. The SMILES string of the molecule is C=C(/C=C\CC)c1ccc(O/C=C/C=N/OC)c(C)c1. The smallest absolute Gasteiger partial charge is 0.129 e. The van der Waals surface area contributed by atoms with Gasteiger partial charge in [-0.1, -0.05) is 36.9 Å². The quantitative estimate of drug-likeness (QED) is 0.316. The van der Waals surface area contributed by atoms with Crippen LogP contribution in [-0.4, -0.2) is 13.3 Å². The molecule has 1 aromatic carbocycles. The zero-order valence-electron chi connectivity index (χ0n) is 12.3. The van der Waals surface area contributed by atoms with Crippen molar-refractivity contribution in [1.82, 2.24) is 0 Å². The summed E-state index contributed by atoms with van der Waals surface area (Å²) in [4.78, 5) is 4.54. The molecule has 0 atom stereocenters. The average Bonchev–Trinajstić information content (AvgIpc) is 2.46. The van der Waals surface area contributed by atoms with Gasteiger partial charge >= 0.3 is 0 Å². The first kappa shape index (κ1) is 15.8. The molecular weight excluding hydrogens is 250 g/mol. The fourth-order valence-electron chi connectivity index (χ4n) is 1.58. The number of oxime groups is 1. The monoisotopic (exact) mass is 271 g/mol. The fourth-order valence-corrected chi connectivity index (χ4v) is 1.58. The van der Waals surface area contributed by atoms with E-state index in [0.717, 1.165) is 28.9 Å². The van der Waals surface area contributed by atoms with Crippen LogP contribution in [0.2, 0.25) is 0 Å². The molecule has 0 saturated carbocycles. The third-order valence-corrected chi connectivity index (χ3v) is 2.63. The van der Waals surface area contributed by atoms with Gasteiger partial charge in [-0.3, -0.25) is 0 Å². The molecule has 0 N–H and O–H groups in total. The number of benzene rings is 1. The van der Waals surface area contributed by atoms with Crippen LogP contribution in [-0.2, 0) is 4.84 Å². The van der Waals surface area contributed by atoms with Gasteiger partial charge in [-0.15, -0.1) is 0 Å². The number of rotatable bonds is 7. The molecule has 106 valence electrons. The van der Waals surface area contributed by atoms with E-state index in [-0.39, 0.29) is 0 Å². The maximum atomic E-state index is 5.52. The van der Waals surface area contributed by atoms with Gasteiger partial charge in [0.2, 0.25) is 0 Å². The highest BCUT2D eigenvalue weighted by Gasteiger charge is 2.01. The molecule has 0 aliphatic rings. The third-order valence-electron chi connectivity index (χ3n) is 2.63. The van der Waals surface area contributed by atoms with E-state index in [0.29, 0.717) is 0 Å². The number of ether oxygens (including phenoxy) is 1. The van der Waals surface area contributed by atoms with Gasteiger partial charge in [0.15, 0.2) is 0 Å². The highest BCUT2D eigenvalue weighted by Crippen LogP contribution is 2.23. The molecule has 0 spiro atoms. The molecule has 20 heavy (non-hydrogen) atoms. The first-order valence-corrected chi connectivity index (χ1v) is 6.53. The number of allylic oxidation sites excluding steroid dienone is 4. The van der Waals surface area contributed by atoms with Gasteiger partial charge in [0.25, 0.3) is 0 Å². The summed E-state index contributed by atoms with van der Waals surface area (Å²) in [5.74, 6) is 0.808. The molecule has 1 rings (SSSR count). The molecule has 0 aliphatic carbocycles. The number of hydrogen-bond donors (Lipinski definition) is 0. The first-order valence-electron chi connectivity index (χ1n) is 6.53. The summed E-state index contributed by atoms with van der Waals surface area (Å²) in [5, 5.41) is 3.58. The Morgan fingerprint density at radius 1 is 1.40 bits per heavy atom. The van der Waals surface area contributed by atoms with Crippen LogP contribution in [0.1, 0.15) is 24.5 Å². The van der Waals surface area contributed by atoms with Crippen LogP contribution in [0, 0.1) is 6.92 Å². The van der Waals surface area contributed by atoms with Crippen molar-refractivity contribution in [1.29, 1.82) is 0 Å². The molecule has 0 saturated heterocycles. The lowest BCUT2D eigenvalue weighted by atomic mass is 10.0. The highest BCUT2D eigenvalue weighted by atomic mass is 16.6. The lowest BCUT2D eigenvalue weighted by Crippen LogP contribution is -1.89. The van der Waals surface area contributed by atoms with Crippen LogP contribution in [0.3, 0.4) is 0 Å². The van der Waals surface area contributed by atoms with E-state index in [1.165, 1.54) is 13.3 Å². The van der Waals surface area contributed by atoms with Crippen LogP contribution in [0.15, 0.2) is 54.4 Å². The molecule has 0 heterocycles. The summed E-state index contributed by atoms with van der Waals surface area (Å²) >= 11 is 0. The van der Waals surface area contributed by atoms with E-state index in [2.05, 4.69) is 35.6 Å². The number of aryl methyl sites for hydroxylation is 1. The Hall–Kier alpha value is -2.29. The van der Waals surface area contributed by atoms with Crippen molar-refractivity contribution >= 4 is 11.8 Å². The Morgan fingerprint density at radius 2 is 2.20 bits per heavy atom. The molecule has 0 radical (unpaired) electrons. The summed E-state index contributed by atoms with van der Waals surface area (Å²) in [6, 6.07) is 6.00. The predicted octanol–water partition coefficient (Wildman–Crippen LogP) is 4.50. The van der Waals surface area contributed by atoms with Crippen LogP contribution in [0.4, 0.5) is 0 Å². The van der Waals surface area contributed by atoms with Gasteiger partial charge in [0.1, 0.15) is 12.9 Å². The van der Waals surface area contributed by atoms with Crippen LogP contribution in [0.25, 0.3) is 5.57 Å². The average molecular weight is 271 g/mol. The minimum Gasteiger partial charge on any atom is -0.465 e. The van der Waals surface area contributed by atoms with E-state index in [1.54, 1.807) is 12.3 Å². The minimum absolute atomic E-state index is 0.808. The van der Waals surface area contributed by atoms with Crippen molar-refractivity contribution in [3.63, 3.8) is 0 Å². The Kier molecular flexibility index (Phi) is 6.90. The lowest BCUT2D eigenvalue weighted by molar-refractivity contribution is 0.215. The molecule has 3 nitrogen and oxygen atoms in total. The summed E-state index contributed by atoms with van der Waals surface area (Å²) in [7, 11) is 1.49. The molecule has 3 heteroatoms. The number of nitrogens with zero attached hydrogens (tertiary/aromatic N) is 1. The van der Waals surface area contributed by atoms with E-state index in [1.807, 2.05) is 25.1 Å². The van der Waals surface area contributed by atoms with Gasteiger partial charge < -0.3 is 9.57 Å². The fraction of sp³-hybridized carbons (Fsp3) is 0.235. The Balaban J connectivity index is 2.73. The summed E-state index contributed by atoms with van der Waals surface area (Å²) in [6.07, 6.45) is 9.89. The van der Waals surface area contributed by atoms with Crippen LogP contribution < -0.4 is 4.74 Å². The van der Waals surface area contributed by atoms with Gasteiger partial charge in [-0.25, -0.2) is 0 Å².